The van der Waals surface area contributed by atoms with Gasteiger partial charge in [-0.2, -0.15) is 0 Å². The molecule has 1 saturated heterocycles. The summed E-state index contributed by atoms with van der Waals surface area (Å²) < 4.78 is 4.87. The number of aliphatic hydroxyl groups excluding tert-OH is 1. The molecule has 24 heavy (non-hydrogen) atoms. The standard InChI is InChI=1S/C17H26N4O3/c1-11-12-5-3-4-6-13(12)19-17(18-11)20-14-7-8-21(9-15(14)22)16(23)10-24-2/h14-15,22H,3-10H2,1-2H3,(H,18,19,20)/t14-,15-/m1/s1. The lowest BCUT2D eigenvalue weighted by Gasteiger charge is -2.36. The van der Waals surface area contributed by atoms with Gasteiger partial charge in [0, 0.05) is 31.6 Å². The highest BCUT2D eigenvalue weighted by molar-refractivity contribution is 5.77. The van der Waals surface area contributed by atoms with Crippen LogP contribution in [0.4, 0.5) is 5.95 Å². The van der Waals surface area contributed by atoms with Crippen molar-refractivity contribution in [3.63, 3.8) is 0 Å². The van der Waals surface area contributed by atoms with Crippen molar-refractivity contribution in [1.82, 2.24) is 14.9 Å². The molecule has 0 saturated carbocycles. The van der Waals surface area contributed by atoms with Gasteiger partial charge >= 0.3 is 0 Å². The van der Waals surface area contributed by atoms with Crippen molar-refractivity contribution in [2.75, 3.05) is 32.1 Å². The van der Waals surface area contributed by atoms with Gasteiger partial charge in [-0.25, -0.2) is 9.97 Å². The Hall–Kier alpha value is -1.73. The first-order valence-electron chi connectivity index (χ1n) is 8.66. The first-order chi connectivity index (χ1) is 11.6. The highest BCUT2D eigenvalue weighted by Crippen LogP contribution is 2.24. The number of rotatable bonds is 4. The van der Waals surface area contributed by atoms with Gasteiger partial charge in [0.05, 0.1) is 12.1 Å². The highest BCUT2D eigenvalue weighted by atomic mass is 16.5. The maximum atomic E-state index is 11.9. The lowest BCUT2D eigenvalue weighted by Crippen LogP contribution is -2.52. The third-order valence-electron chi connectivity index (χ3n) is 4.91. The number of fused-ring (bicyclic) bond motifs is 1. The average Bonchev–Trinajstić information content (AvgIpc) is 2.57. The number of nitrogens with zero attached hydrogens (tertiary/aromatic N) is 3. The Labute approximate surface area is 142 Å². The molecule has 2 atom stereocenters. The number of nitrogens with one attached hydrogen (secondary N) is 1. The van der Waals surface area contributed by atoms with Gasteiger partial charge in [-0.1, -0.05) is 0 Å². The number of hydrogen-bond donors (Lipinski definition) is 2. The smallest absolute Gasteiger partial charge is 0.248 e. The quantitative estimate of drug-likeness (QED) is 0.842. The molecule has 1 aliphatic heterocycles. The molecule has 7 nitrogen and oxygen atoms in total. The van der Waals surface area contributed by atoms with E-state index < -0.39 is 6.10 Å². The summed E-state index contributed by atoms with van der Waals surface area (Å²) in [6.45, 7) is 2.99. The van der Waals surface area contributed by atoms with Crippen LogP contribution >= 0.6 is 0 Å². The van der Waals surface area contributed by atoms with Gasteiger partial charge < -0.3 is 20.1 Å². The number of piperidine rings is 1. The molecule has 1 aromatic rings. The largest absolute Gasteiger partial charge is 0.389 e. The predicted molar refractivity (Wildman–Crippen MR) is 89.9 cm³/mol. The van der Waals surface area contributed by atoms with E-state index in [1.807, 2.05) is 6.92 Å². The van der Waals surface area contributed by atoms with Crippen LogP contribution in [-0.4, -0.2) is 64.8 Å². The molecular weight excluding hydrogens is 308 g/mol. The molecule has 2 heterocycles. The molecule has 1 fully saturated rings. The number of aromatic nitrogens is 2. The molecule has 0 bridgehead atoms. The van der Waals surface area contributed by atoms with E-state index in [0.29, 0.717) is 25.5 Å². The van der Waals surface area contributed by atoms with E-state index in [1.54, 1.807) is 4.90 Å². The Balaban J connectivity index is 1.65. The zero-order valence-electron chi connectivity index (χ0n) is 14.4. The summed E-state index contributed by atoms with van der Waals surface area (Å²) in [5, 5.41) is 13.6. The minimum atomic E-state index is -0.639. The van der Waals surface area contributed by atoms with Crippen LogP contribution < -0.4 is 5.32 Å². The topological polar surface area (TPSA) is 87.6 Å². The van der Waals surface area contributed by atoms with E-state index in [4.69, 9.17) is 4.74 Å². The number of carbonyl (C=O) groups is 1. The van der Waals surface area contributed by atoms with Crippen LogP contribution in [0.3, 0.4) is 0 Å². The fraction of sp³-hybridized carbons (Fsp3) is 0.706. The summed E-state index contributed by atoms with van der Waals surface area (Å²) in [5.41, 5.74) is 3.45. The van der Waals surface area contributed by atoms with Crippen molar-refractivity contribution in [3.05, 3.63) is 17.0 Å². The van der Waals surface area contributed by atoms with Crippen LogP contribution in [0.5, 0.6) is 0 Å². The van der Waals surface area contributed by atoms with Crippen LogP contribution in [0, 0.1) is 6.92 Å². The van der Waals surface area contributed by atoms with Crippen molar-refractivity contribution in [2.24, 2.45) is 0 Å². The molecule has 0 radical (unpaired) electrons. The van der Waals surface area contributed by atoms with Gasteiger partial charge in [-0.15, -0.1) is 0 Å². The predicted octanol–water partition coefficient (Wildman–Crippen LogP) is 0.684. The maximum absolute atomic E-state index is 11.9. The Morgan fingerprint density at radius 1 is 1.38 bits per heavy atom. The Kier molecular flexibility index (Phi) is 5.30. The monoisotopic (exact) mass is 334 g/mol. The molecule has 2 aliphatic rings. The highest BCUT2D eigenvalue weighted by Gasteiger charge is 2.30. The Morgan fingerprint density at radius 2 is 2.17 bits per heavy atom. The minimum Gasteiger partial charge on any atom is -0.389 e. The lowest BCUT2D eigenvalue weighted by molar-refractivity contribution is -0.138. The SMILES string of the molecule is COCC(=O)N1CC[C@@H](Nc2nc(C)c3c(n2)CCCC3)[C@H](O)C1. The number of carbonyl (C=O) groups excluding carboxylic acids is 1. The first-order valence-corrected chi connectivity index (χ1v) is 8.66. The first kappa shape index (κ1) is 17.1. The number of methoxy groups -OCH3 is 1. The third-order valence-corrected chi connectivity index (χ3v) is 4.91. The number of anilines is 1. The summed E-state index contributed by atoms with van der Waals surface area (Å²) in [6, 6.07) is -0.141. The molecule has 0 unspecified atom stereocenters. The molecule has 1 aromatic heterocycles. The maximum Gasteiger partial charge on any atom is 0.248 e. The Bertz CT molecular complexity index is 608. The van der Waals surface area contributed by atoms with Crippen LogP contribution in [0.25, 0.3) is 0 Å². The zero-order valence-corrected chi connectivity index (χ0v) is 14.4. The normalized spacial score (nSPS) is 23.7. The fourth-order valence-electron chi connectivity index (χ4n) is 3.55. The van der Waals surface area contributed by atoms with Crippen LogP contribution in [-0.2, 0) is 22.4 Å². The van der Waals surface area contributed by atoms with Gasteiger partial charge in [0.15, 0.2) is 0 Å². The number of aryl methyl sites for hydroxylation is 2. The van der Waals surface area contributed by atoms with Crippen molar-refractivity contribution in [1.29, 1.82) is 0 Å². The molecule has 0 spiro atoms. The van der Waals surface area contributed by atoms with Crippen molar-refractivity contribution >= 4 is 11.9 Å². The summed E-state index contributed by atoms with van der Waals surface area (Å²) in [5.74, 6) is 0.504. The second-order valence-corrected chi connectivity index (χ2v) is 6.64. The van der Waals surface area contributed by atoms with E-state index >= 15 is 0 Å². The molecule has 7 heteroatoms. The average molecular weight is 334 g/mol. The number of aliphatic hydroxyl groups is 1. The summed E-state index contributed by atoms with van der Waals surface area (Å²) in [6.07, 6.45) is 4.46. The summed E-state index contributed by atoms with van der Waals surface area (Å²) >= 11 is 0. The third kappa shape index (κ3) is 3.67. The molecule has 3 rings (SSSR count). The van der Waals surface area contributed by atoms with Crippen molar-refractivity contribution in [2.45, 2.75) is 51.2 Å². The second-order valence-electron chi connectivity index (χ2n) is 6.64. The fourth-order valence-corrected chi connectivity index (χ4v) is 3.55. The number of hydrogen-bond acceptors (Lipinski definition) is 6. The van der Waals surface area contributed by atoms with Crippen LogP contribution in [0.2, 0.25) is 0 Å². The van der Waals surface area contributed by atoms with Crippen LogP contribution in [0.1, 0.15) is 36.2 Å². The number of β-amino-alcohol motifs (C(OH)–C–C–N with tert-alkyl or cyclic N) is 1. The minimum absolute atomic E-state index is 0.0535. The molecular formula is C17H26N4O3. The van der Waals surface area contributed by atoms with E-state index in [9.17, 15) is 9.90 Å². The van der Waals surface area contributed by atoms with E-state index in [-0.39, 0.29) is 18.6 Å². The van der Waals surface area contributed by atoms with Gasteiger partial charge in [0.25, 0.3) is 0 Å². The van der Waals surface area contributed by atoms with E-state index in [2.05, 4.69) is 15.3 Å². The number of amides is 1. The molecule has 132 valence electrons. The number of ether oxygens (including phenoxy) is 1. The molecule has 2 N–H and O–H groups in total. The van der Waals surface area contributed by atoms with Gasteiger partial charge in [-0.05, 0) is 44.6 Å². The Morgan fingerprint density at radius 3 is 2.92 bits per heavy atom. The van der Waals surface area contributed by atoms with Gasteiger partial charge in [0.1, 0.15) is 6.61 Å². The summed E-state index contributed by atoms with van der Waals surface area (Å²) in [7, 11) is 1.50. The zero-order chi connectivity index (χ0) is 17.1. The molecule has 0 aromatic carbocycles. The van der Waals surface area contributed by atoms with Crippen molar-refractivity contribution in [3.8, 4) is 0 Å². The van der Waals surface area contributed by atoms with Crippen molar-refractivity contribution < 1.29 is 14.6 Å². The second kappa shape index (κ2) is 7.44. The molecule has 1 aliphatic carbocycles. The van der Waals surface area contributed by atoms with E-state index in [0.717, 1.165) is 24.2 Å². The summed E-state index contributed by atoms with van der Waals surface area (Å²) in [4.78, 5) is 22.7. The van der Waals surface area contributed by atoms with Gasteiger partial charge in [-0.3, -0.25) is 4.79 Å². The van der Waals surface area contributed by atoms with Gasteiger partial charge in [0.2, 0.25) is 11.9 Å². The lowest BCUT2D eigenvalue weighted by atomic mass is 9.95. The molecule has 1 amide bonds. The van der Waals surface area contributed by atoms with Crippen LogP contribution in [0.15, 0.2) is 0 Å². The van der Waals surface area contributed by atoms with E-state index in [1.165, 1.54) is 25.5 Å². The number of likely N-dealkylation sites (tertiary alicyclic amines) is 1.